The van der Waals surface area contributed by atoms with Crippen LogP contribution in [0.3, 0.4) is 0 Å². The average molecular weight is 394 g/mol. The first-order chi connectivity index (χ1) is 14.0. The molecule has 29 heavy (non-hydrogen) atoms. The van der Waals surface area contributed by atoms with Gasteiger partial charge >= 0.3 is 0 Å². The highest BCUT2D eigenvalue weighted by atomic mass is 19.1. The number of piperazine rings is 1. The molecule has 0 spiro atoms. The number of rotatable bonds is 5. The largest absolute Gasteiger partial charge is 0.380 e. The van der Waals surface area contributed by atoms with Gasteiger partial charge < -0.3 is 14.6 Å². The average Bonchev–Trinajstić information content (AvgIpc) is 3.14. The minimum absolute atomic E-state index is 0.303. The van der Waals surface area contributed by atoms with Crippen molar-refractivity contribution in [3.05, 3.63) is 83.2 Å². The predicted molar refractivity (Wildman–Crippen MR) is 112 cm³/mol. The first kappa shape index (κ1) is 19.6. The van der Waals surface area contributed by atoms with Crippen LogP contribution in [-0.2, 0) is 13.6 Å². The molecule has 152 valence electrons. The van der Waals surface area contributed by atoms with E-state index in [9.17, 15) is 9.50 Å². The summed E-state index contributed by atoms with van der Waals surface area (Å²) in [6.45, 7) is 6.13. The molecule has 0 radical (unpaired) electrons. The summed E-state index contributed by atoms with van der Waals surface area (Å²) in [6.07, 6.45) is 2.45. The molecule has 4 rings (SSSR count). The monoisotopic (exact) mass is 394 g/mol. The Morgan fingerprint density at radius 2 is 1.86 bits per heavy atom. The number of aliphatic hydroxyl groups is 1. The summed E-state index contributed by atoms with van der Waals surface area (Å²) in [5.74, 6) is 0.206. The summed E-state index contributed by atoms with van der Waals surface area (Å²) < 4.78 is 16.6. The summed E-state index contributed by atoms with van der Waals surface area (Å²) in [5.41, 5.74) is 3.61. The number of benzene rings is 2. The number of aryl methyl sites for hydroxylation is 2. The van der Waals surface area contributed by atoms with Crippen molar-refractivity contribution >= 4 is 5.69 Å². The summed E-state index contributed by atoms with van der Waals surface area (Å²) >= 11 is 0. The van der Waals surface area contributed by atoms with Gasteiger partial charge in [-0.05, 0) is 18.6 Å². The normalized spacial score (nSPS) is 16.2. The summed E-state index contributed by atoms with van der Waals surface area (Å²) in [4.78, 5) is 8.67. The van der Waals surface area contributed by atoms with Crippen LogP contribution in [0.5, 0.6) is 0 Å². The molecule has 6 heteroatoms. The summed E-state index contributed by atoms with van der Waals surface area (Å²) in [7, 11) is 1.83. The number of hydrogen-bond donors (Lipinski definition) is 1. The van der Waals surface area contributed by atoms with Crippen molar-refractivity contribution in [3.63, 3.8) is 0 Å². The van der Waals surface area contributed by atoms with E-state index in [1.54, 1.807) is 29.1 Å². The van der Waals surface area contributed by atoms with Crippen LogP contribution in [0.25, 0.3) is 0 Å². The zero-order chi connectivity index (χ0) is 20.4. The van der Waals surface area contributed by atoms with E-state index in [-0.39, 0.29) is 5.82 Å². The molecular formula is C23H27FN4O. The lowest BCUT2D eigenvalue weighted by Crippen LogP contribution is -2.46. The van der Waals surface area contributed by atoms with E-state index in [0.717, 1.165) is 19.6 Å². The molecule has 0 bridgehead atoms. The van der Waals surface area contributed by atoms with Crippen LogP contribution in [0, 0.1) is 12.7 Å². The highest BCUT2D eigenvalue weighted by molar-refractivity contribution is 5.57. The number of imidazole rings is 1. The third-order valence-electron chi connectivity index (χ3n) is 5.59. The molecule has 1 saturated heterocycles. The molecule has 1 fully saturated rings. The van der Waals surface area contributed by atoms with Crippen LogP contribution in [0.4, 0.5) is 10.1 Å². The molecule has 1 aliphatic rings. The van der Waals surface area contributed by atoms with E-state index in [4.69, 9.17) is 0 Å². The van der Waals surface area contributed by atoms with Crippen molar-refractivity contribution in [2.75, 3.05) is 31.1 Å². The Morgan fingerprint density at radius 3 is 2.55 bits per heavy atom. The SMILES string of the molecule is Cc1cccc(CN2CCN(c3c(F)cccc3C(O)c3nccn3C)CC2)c1. The van der Waals surface area contributed by atoms with Gasteiger partial charge in [-0.15, -0.1) is 0 Å². The Labute approximate surface area is 171 Å². The molecule has 0 saturated carbocycles. The van der Waals surface area contributed by atoms with Gasteiger partial charge in [0.05, 0.1) is 5.69 Å². The molecule has 2 aromatic carbocycles. The van der Waals surface area contributed by atoms with Gasteiger partial charge in [-0.3, -0.25) is 4.90 Å². The van der Waals surface area contributed by atoms with Crippen LogP contribution in [0.1, 0.15) is 28.6 Å². The van der Waals surface area contributed by atoms with Gasteiger partial charge in [-0.2, -0.15) is 0 Å². The Kier molecular flexibility index (Phi) is 5.65. The van der Waals surface area contributed by atoms with E-state index in [2.05, 4.69) is 41.1 Å². The first-order valence-electron chi connectivity index (χ1n) is 9.99. The molecule has 0 amide bonds. The number of aromatic nitrogens is 2. The topological polar surface area (TPSA) is 44.5 Å². The second-order valence-corrected chi connectivity index (χ2v) is 7.73. The number of halogens is 1. The molecule has 2 heterocycles. The maximum Gasteiger partial charge on any atom is 0.146 e. The predicted octanol–water partition coefficient (Wildman–Crippen LogP) is 3.27. The maximum absolute atomic E-state index is 14.8. The minimum atomic E-state index is -0.967. The number of aliphatic hydroxyl groups excluding tert-OH is 1. The van der Waals surface area contributed by atoms with Gasteiger partial charge in [-0.25, -0.2) is 9.37 Å². The smallest absolute Gasteiger partial charge is 0.146 e. The molecule has 3 aromatic rings. The highest BCUT2D eigenvalue weighted by Gasteiger charge is 2.26. The van der Waals surface area contributed by atoms with Gasteiger partial charge in [0.1, 0.15) is 17.7 Å². The highest BCUT2D eigenvalue weighted by Crippen LogP contribution is 2.33. The van der Waals surface area contributed by atoms with Crippen LogP contribution < -0.4 is 4.90 Å². The molecule has 1 aromatic heterocycles. The Balaban J connectivity index is 1.50. The van der Waals surface area contributed by atoms with Crippen LogP contribution in [-0.4, -0.2) is 45.7 Å². The lowest BCUT2D eigenvalue weighted by atomic mass is 10.0. The zero-order valence-corrected chi connectivity index (χ0v) is 16.9. The third-order valence-corrected chi connectivity index (χ3v) is 5.59. The second-order valence-electron chi connectivity index (χ2n) is 7.73. The standard InChI is InChI=1S/C23H27FN4O/c1-17-5-3-6-18(15-17)16-27-11-13-28(14-12-27)21-19(7-4-8-20(21)24)22(29)23-25-9-10-26(23)2/h3-10,15,22,29H,11-14,16H2,1-2H3. The molecule has 1 aliphatic heterocycles. The minimum Gasteiger partial charge on any atom is -0.380 e. The van der Waals surface area contributed by atoms with Crippen molar-refractivity contribution < 1.29 is 9.50 Å². The summed E-state index contributed by atoms with van der Waals surface area (Å²) in [6, 6.07) is 13.5. The van der Waals surface area contributed by atoms with Gasteiger partial charge in [-0.1, -0.05) is 42.0 Å². The van der Waals surface area contributed by atoms with Crippen molar-refractivity contribution in [1.29, 1.82) is 0 Å². The molecule has 5 nitrogen and oxygen atoms in total. The van der Waals surface area contributed by atoms with Crippen LogP contribution in [0.2, 0.25) is 0 Å². The maximum atomic E-state index is 14.8. The molecule has 1 unspecified atom stereocenters. The molecule has 1 N–H and O–H groups in total. The fraction of sp³-hybridized carbons (Fsp3) is 0.348. The number of anilines is 1. The lowest BCUT2D eigenvalue weighted by Gasteiger charge is -2.37. The quantitative estimate of drug-likeness (QED) is 0.721. The van der Waals surface area contributed by atoms with E-state index in [1.807, 2.05) is 11.9 Å². The zero-order valence-electron chi connectivity index (χ0n) is 16.9. The first-order valence-corrected chi connectivity index (χ1v) is 9.99. The molecule has 1 atom stereocenters. The number of nitrogens with zero attached hydrogens (tertiary/aromatic N) is 4. The van der Waals surface area contributed by atoms with Gasteiger partial charge in [0.2, 0.25) is 0 Å². The van der Waals surface area contributed by atoms with Crippen LogP contribution in [0.15, 0.2) is 54.9 Å². The lowest BCUT2D eigenvalue weighted by molar-refractivity contribution is 0.205. The second kappa shape index (κ2) is 8.35. The number of para-hydroxylation sites is 1. The van der Waals surface area contributed by atoms with E-state index < -0.39 is 6.10 Å². The number of hydrogen-bond acceptors (Lipinski definition) is 4. The van der Waals surface area contributed by atoms with Gasteiger partial charge in [0.25, 0.3) is 0 Å². The van der Waals surface area contributed by atoms with Gasteiger partial charge in [0, 0.05) is 57.7 Å². The third kappa shape index (κ3) is 4.18. The Bertz CT molecular complexity index is 979. The molecule has 0 aliphatic carbocycles. The van der Waals surface area contributed by atoms with Crippen LogP contribution >= 0.6 is 0 Å². The van der Waals surface area contributed by atoms with Crippen molar-refractivity contribution in [2.45, 2.75) is 19.6 Å². The molecular weight excluding hydrogens is 367 g/mol. The Morgan fingerprint density at radius 1 is 1.10 bits per heavy atom. The Hall–Kier alpha value is -2.70. The van der Waals surface area contributed by atoms with E-state index in [0.29, 0.717) is 30.2 Å². The van der Waals surface area contributed by atoms with Crippen molar-refractivity contribution in [3.8, 4) is 0 Å². The summed E-state index contributed by atoms with van der Waals surface area (Å²) in [5, 5.41) is 10.9. The fourth-order valence-electron chi connectivity index (χ4n) is 4.06. The van der Waals surface area contributed by atoms with Gasteiger partial charge in [0.15, 0.2) is 0 Å². The van der Waals surface area contributed by atoms with Crippen molar-refractivity contribution in [1.82, 2.24) is 14.5 Å². The fourth-order valence-corrected chi connectivity index (χ4v) is 4.06. The van der Waals surface area contributed by atoms with Crippen molar-refractivity contribution in [2.24, 2.45) is 7.05 Å². The van der Waals surface area contributed by atoms with E-state index >= 15 is 0 Å². The van der Waals surface area contributed by atoms with E-state index in [1.165, 1.54) is 17.2 Å².